The van der Waals surface area contributed by atoms with Crippen LogP contribution in [-0.4, -0.2) is 66.3 Å². The van der Waals surface area contributed by atoms with Crippen LogP contribution >= 0.6 is 23.2 Å². The molecule has 2 unspecified atom stereocenters. The summed E-state index contributed by atoms with van der Waals surface area (Å²) < 4.78 is 36.5. The number of ether oxygens (including phenoxy) is 1. The molecule has 0 spiro atoms. The van der Waals surface area contributed by atoms with E-state index in [2.05, 4.69) is 11.8 Å². The molecule has 1 aromatic carbocycles. The molecule has 31 heavy (non-hydrogen) atoms. The Morgan fingerprint density at radius 3 is 2.35 bits per heavy atom. The van der Waals surface area contributed by atoms with Crippen LogP contribution in [-0.2, 0) is 19.7 Å². The topological polar surface area (TPSA) is 141 Å². The van der Waals surface area contributed by atoms with Crippen LogP contribution in [0.5, 0.6) is 5.75 Å². The summed E-state index contributed by atoms with van der Waals surface area (Å²) in [4.78, 5) is 25.6. The highest BCUT2D eigenvalue weighted by Crippen LogP contribution is 2.35. The van der Waals surface area contributed by atoms with E-state index in [9.17, 15) is 28.2 Å². The maximum Gasteiger partial charge on any atom is 0.311 e. The quantitative estimate of drug-likeness (QED) is 0.224. The molecule has 0 aliphatic carbocycles. The van der Waals surface area contributed by atoms with Gasteiger partial charge in [0.05, 0.1) is 33.9 Å². The molecule has 1 amide bonds. The van der Waals surface area contributed by atoms with Crippen molar-refractivity contribution in [2.24, 2.45) is 11.8 Å². The molecule has 1 aliphatic heterocycles. The van der Waals surface area contributed by atoms with E-state index < -0.39 is 32.8 Å². The van der Waals surface area contributed by atoms with Gasteiger partial charge in [-0.2, -0.15) is 8.42 Å². The number of benzene rings is 1. The lowest BCUT2D eigenvalue weighted by atomic mass is 9.92. The molecule has 0 radical (unpaired) electrons. The summed E-state index contributed by atoms with van der Waals surface area (Å²) in [5.41, 5.74) is 0. The summed E-state index contributed by atoms with van der Waals surface area (Å²) in [6, 6.07) is 1.76. The van der Waals surface area contributed by atoms with Crippen molar-refractivity contribution < 1.29 is 37.5 Å². The summed E-state index contributed by atoms with van der Waals surface area (Å²) >= 11 is 11.8. The predicted octanol–water partition coefficient (Wildman–Crippen LogP) is 1.38. The van der Waals surface area contributed by atoms with Crippen LogP contribution in [0, 0.1) is 23.7 Å². The molecular weight excluding hydrogens is 473 g/mol. The van der Waals surface area contributed by atoms with Crippen LogP contribution in [0.1, 0.15) is 19.3 Å². The van der Waals surface area contributed by atoms with Crippen molar-refractivity contribution in [1.29, 1.82) is 0 Å². The second kappa shape index (κ2) is 11.1. The second-order valence-corrected chi connectivity index (χ2v) is 9.04. The summed E-state index contributed by atoms with van der Waals surface area (Å²) in [6.45, 7) is 0.0378. The van der Waals surface area contributed by atoms with Crippen molar-refractivity contribution in [3.63, 3.8) is 0 Å². The van der Waals surface area contributed by atoms with Crippen LogP contribution in [0.15, 0.2) is 17.0 Å². The van der Waals surface area contributed by atoms with Crippen molar-refractivity contribution in [3.05, 3.63) is 22.2 Å². The molecule has 0 saturated carbocycles. The third kappa shape index (κ3) is 7.07. The van der Waals surface area contributed by atoms with Crippen molar-refractivity contribution in [3.8, 4) is 17.6 Å². The zero-order valence-electron chi connectivity index (χ0n) is 16.3. The molecule has 1 aliphatic rings. The summed E-state index contributed by atoms with van der Waals surface area (Å²) in [5, 5.41) is 18.3. The Labute approximate surface area is 189 Å². The number of carbonyl (C=O) groups is 2. The number of nitrogens with zero attached hydrogens (tertiary/aromatic N) is 1. The Bertz CT molecular complexity index is 979. The molecule has 1 aromatic rings. The van der Waals surface area contributed by atoms with Crippen LogP contribution in [0.2, 0.25) is 10.0 Å². The summed E-state index contributed by atoms with van der Waals surface area (Å²) in [7, 11) is -4.55. The first-order valence-corrected chi connectivity index (χ1v) is 11.4. The number of rotatable bonds is 7. The Hall–Kier alpha value is -1.87. The van der Waals surface area contributed by atoms with Gasteiger partial charge < -0.3 is 19.8 Å². The van der Waals surface area contributed by atoms with Gasteiger partial charge in [0, 0.05) is 38.5 Å². The summed E-state index contributed by atoms with van der Waals surface area (Å²) in [5.74, 6) is 3.43. The van der Waals surface area contributed by atoms with E-state index in [0.29, 0.717) is 13.0 Å². The third-order valence-corrected chi connectivity index (χ3v) is 6.02. The average molecular weight is 494 g/mol. The van der Waals surface area contributed by atoms with Gasteiger partial charge in [-0.3, -0.25) is 14.1 Å². The van der Waals surface area contributed by atoms with Crippen molar-refractivity contribution in [2.45, 2.75) is 24.2 Å². The normalized spacial score (nSPS) is 19.1. The van der Waals surface area contributed by atoms with Crippen molar-refractivity contribution in [1.82, 2.24) is 4.90 Å². The number of hydrogen-bond acceptors (Lipinski definition) is 7. The maximum absolute atomic E-state index is 12.5. The predicted molar refractivity (Wildman–Crippen MR) is 111 cm³/mol. The Morgan fingerprint density at radius 1 is 1.16 bits per heavy atom. The monoisotopic (exact) mass is 493 g/mol. The number of hydrogen-bond donors (Lipinski definition) is 3. The van der Waals surface area contributed by atoms with Crippen LogP contribution < -0.4 is 4.74 Å². The first-order valence-electron chi connectivity index (χ1n) is 9.22. The SMILES string of the molecule is O=C(CCC(=O)N1CCC#CC(CO)C(CO)C1)Oc1c(Cl)cc(S(=O)(=O)O)cc1Cl. The van der Waals surface area contributed by atoms with Gasteiger partial charge in [-0.15, -0.1) is 5.92 Å². The van der Waals surface area contributed by atoms with Crippen molar-refractivity contribution >= 4 is 45.2 Å². The van der Waals surface area contributed by atoms with E-state index in [1.807, 2.05) is 0 Å². The van der Waals surface area contributed by atoms with Gasteiger partial charge in [-0.1, -0.05) is 29.1 Å². The smallest absolute Gasteiger partial charge is 0.311 e. The van der Waals surface area contributed by atoms with Gasteiger partial charge in [0.25, 0.3) is 10.1 Å². The lowest BCUT2D eigenvalue weighted by Gasteiger charge is -2.30. The van der Waals surface area contributed by atoms with Gasteiger partial charge in [0.2, 0.25) is 5.91 Å². The zero-order valence-corrected chi connectivity index (χ0v) is 18.6. The molecule has 12 heteroatoms. The standard InChI is InChI=1S/C19H21Cl2NO8S/c20-15-7-14(31(27,28)29)8-16(21)19(15)30-18(26)5-4-17(25)22-6-2-1-3-12(10-23)13(9-22)11-24/h7-8,12-13,23-24H,2,4-6,9-11H2,(H,27,28,29). The highest BCUT2D eigenvalue weighted by molar-refractivity contribution is 7.85. The first-order chi connectivity index (χ1) is 14.6. The molecule has 170 valence electrons. The van der Waals surface area contributed by atoms with Crippen LogP contribution in [0.25, 0.3) is 0 Å². The highest BCUT2D eigenvalue weighted by Gasteiger charge is 2.26. The van der Waals surface area contributed by atoms with E-state index in [1.54, 1.807) is 0 Å². The maximum atomic E-state index is 12.5. The van der Waals surface area contributed by atoms with Gasteiger partial charge >= 0.3 is 5.97 Å². The largest absolute Gasteiger partial charge is 0.423 e. The molecule has 9 nitrogen and oxygen atoms in total. The van der Waals surface area contributed by atoms with Crippen molar-refractivity contribution in [2.75, 3.05) is 26.3 Å². The minimum absolute atomic E-state index is 0.188. The zero-order chi connectivity index (χ0) is 23.2. The molecule has 0 saturated heterocycles. The van der Waals surface area contributed by atoms with Crippen LogP contribution in [0.3, 0.4) is 0 Å². The molecule has 0 fully saturated rings. The minimum Gasteiger partial charge on any atom is -0.423 e. The molecule has 2 atom stereocenters. The van der Waals surface area contributed by atoms with E-state index in [-0.39, 0.29) is 54.3 Å². The number of amides is 1. The molecule has 0 aromatic heterocycles. The molecule has 1 heterocycles. The molecule has 0 bridgehead atoms. The lowest BCUT2D eigenvalue weighted by molar-refractivity contribution is -0.139. The van der Waals surface area contributed by atoms with E-state index >= 15 is 0 Å². The highest BCUT2D eigenvalue weighted by atomic mass is 35.5. The first kappa shape index (κ1) is 25.4. The van der Waals surface area contributed by atoms with Gasteiger partial charge in [0.1, 0.15) is 0 Å². The number of halogens is 2. The third-order valence-electron chi connectivity index (χ3n) is 4.63. The fourth-order valence-corrected chi connectivity index (χ4v) is 4.16. The molecular formula is C19H21Cl2NO8S. The Kier molecular flexibility index (Phi) is 9.12. The lowest BCUT2D eigenvalue weighted by Crippen LogP contribution is -2.41. The number of aliphatic hydroxyl groups excluding tert-OH is 2. The Balaban J connectivity index is 2.00. The van der Waals surface area contributed by atoms with Gasteiger partial charge in [-0.25, -0.2) is 0 Å². The second-order valence-electron chi connectivity index (χ2n) is 6.81. The van der Waals surface area contributed by atoms with Crippen LogP contribution in [0.4, 0.5) is 0 Å². The van der Waals surface area contributed by atoms with E-state index in [0.717, 1.165) is 12.1 Å². The number of aliphatic hydroxyl groups is 2. The van der Waals surface area contributed by atoms with Gasteiger partial charge in [-0.05, 0) is 12.1 Å². The Morgan fingerprint density at radius 2 is 1.81 bits per heavy atom. The number of carbonyl (C=O) groups excluding carboxylic acids is 2. The molecule has 3 N–H and O–H groups in total. The summed E-state index contributed by atoms with van der Waals surface area (Å²) in [6.07, 6.45) is -0.0936. The van der Waals surface area contributed by atoms with E-state index in [1.165, 1.54) is 4.90 Å². The average Bonchev–Trinajstić information content (AvgIpc) is 2.68. The van der Waals surface area contributed by atoms with E-state index in [4.69, 9.17) is 32.5 Å². The fourth-order valence-electron chi connectivity index (χ4n) is 2.93. The molecule has 2 rings (SSSR count). The number of esters is 1. The fraction of sp³-hybridized carbons (Fsp3) is 0.474. The van der Waals surface area contributed by atoms with Gasteiger partial charge in [0.15, 0.2) is 5.75 Å². The minimum atomic E-state index is -4.55.